The van der Waals surface area contributed by atoms with Gasteiger partial charge in [0.2, 0.25) is 0 Å². The standard InChI is InChI=1S/C17H15F2N3O/c18-16-7-4-8-17(19)15(16)10-22-9-14(20-21-22)12-23-11-13-5-2-1-3-6-13/h1-9H,10-12H2. The summed E-state index contributed by atoms with van der Waals surface area (Å²) in [6.07, 6.45) is 1.62. The van der Waals surface area contributed by atoms with Crippen molar-refractivity contribution < 1.29 is 13.5 Å². The maximum Gasteiger partial charge on any atom is 0.131 e. The molecule has 6 heteroatoms. The summed E-state index contributed by atoms with van der Waals surface area (Å²) in [7, 11) is 0. The first kappa shape index (κ1) is 15.3. The molecule has 0 amide bonds. The van der Waals surface area contributed by atoms with Crippen molar-refractivity contribution in [2.75, 3.05) is 0 Å². The molecule has 0 atom stereocenters. The summed E-state index contributed by atoms with van der Waals surface area (Å²) in [5.74, 6) is -1.19. The van der Waals surface area contributed by atoms with Crippen LogP contribution in [0.3, 0.4) is 0 Å². The van der Waals surface area contributed by atoms with Gasteiger partial charge >= 0.3 is 0 Å². The third kappa shape index (κ3) is 3.98. The Morgan fingerprint density at radius 3 is 2.39 bits per heavy atom. The number of ether oxygens (including phenoxy) is 1. The molecule has 1 heterocycles. The van der Waals surface area contributed by atoms with Crippen LogP contribution in [0.5, 0.6) is 0 Å². The van der Waals surface area contributed by atoms with Crippen molar-refractivity contribution in [2.24, 2.45) is 0 Å². The van der Waals surface area contributed by atoms with Gasteiger partial charge in [-0.15, -0.1) is 5.10 Å². The van der Waals surface area contributed by atoms with Gasteiger partial charge in [0.25, 0.3) is 0 Å². The van der Waals surface area contributed by atoms with E-state index in [1.807, 2.05) is 30.3 Å². The molecule has 0 radical (unpaired) electrons. The second-order valence-corrected chi connectivity index (χ2v) is 5.09. The van der Waals surface area contributed by atoms with Crippen LogP contribution >= 0.6 is 0 Å². The SMILES string of the molecule is Fc1cccc(F)c1Cn1cc(COCc2ccccc2)nn1. The molecule has 0 fully saturated rings. The molecule has 3 aromatic rings. The molecule has 0 saturated heterocycles. The van der Waals surface area contributed by atoms with E-state index in [-0.39, 0.29) is 18.7 Å². The van der Waals surface area contributed by atoms with Crippen molar-refractivity contribution in [3.8, 4) is 0 Å². The van der Waals surface area contributed by atoms with Crippen molar-refractivity contribution in [1.82, 2.24) is 15.0 Å². The van der Waals surface area contributed by atoms with Crippen LogP contribution in [0.15, 0.2) is 54.7 Å². The van der Waals surface area contributed by atoms with Crippen LogP contribution in [0.1, 0.15) is 16.8 Å². The van der Waals surface area contributed by atoms with E-state index in [1.54, 1.807) is 6.20 Å². The molecule has 118 valence electrons. The normalized spacial score (nSPS) is 10.9. The highest BCUT2D eigenvalue weighted by molar-refractivity contribution is 5.20. The first-order valence-corrected chi connectivity index (χ1v) is 7.16. The topological polar surface area (TPSA) is 39.9 Å². The van der Waals surface area contributed by atoms with Gasteiger partial charge in [-0.1, -0.05) is 41.6 Å². The number of aromatic nitrogens is 3. The third-order valence-corrected chi connectivity index (χ3v) is 3.33. The molecular weight excluding hydrogens is 300 g/mol. The zero-order valence-corrected chi connectivity index (χ0v) is 12.3. The highest BCUT2D eigenvalue weighted by Crippen LogP contribution is 2.13. The minimum absolute atomic E-state index is 0.00973. The van der Waals surface area contributed by atoms with E-state index in [4.69, 9.17) is 4.74 Å². The van der Waals surface area contributed by atoms with Gasteiger partial charge in [0.05, 0.1) is 26.0 Å². The Morgan fingerprint density at radius 2 is 1.65 bits per heavy atom. The Morgan fingerprint density at radius 1 is 0.913 bits per heavy atom. The molecule has 2 aromatic carbocycles. The zero-order valence-electron chi connectivity index (χ0n) is 12.3. The van der Waals surface area contributed by atoms with Gasteiger partial charge in [0, 0.05) is 5.56 Å². The number of nitrogens with zero attached hydrogens (tertiary/aromatic N) is 3. The first-order valence-electron chi connectivity index (χ1n) is 7.16. The van der Waals surface area contributed by atoms with Crippen LogP contribution in [-0.2, 0) is 24.5 Å². The molecular formula is C17H15F2N3O. The van der Waals surface area contributed by atoms with Gasteiger partial charge < -0.3 is 4.74 Å². The largest absolute Gasteiger partial charge is 0.370 e. The van der Waals surface area contributed by atoms with Crippen LogP contribution in [0, 0.1) is 11.6 Å². The van der Waals surface area contributed by atoms with Crippen LogP contribution < -0.4 is 0 Å². The van der Waals surface area contributed by atoms with Crippen molar-refractivity contribution in [2.45, 2.75) is 19.8 Å². The molecule has 0 bridgehead atoms. The smallest absolute Gasteiger partial charge is 0.131 e. The van der Waals surface area contributed by atoms with Gasteiger partial charge in [-0.05, 0) is 17.7 Å². The lowest BCUT2D eigenvalue weighted by Gasteiger charge is -2.04. The van der Waals surface area contributed by atoms with Crippen LogP contribution in [0.2, 0.25) is 0 Å². The average Bonchev–Trinajstić information content (AvgIpc) is 3.00. The highest BCUT2D eigenvalue weighted by Gasteiger charge is 2.10. The second kappa shape index (κ2) is 7.11. The summed E-state index contributed by atoms with van der Waals surface area (Å²) in [4.78, 5) is 0. The van der Waals surface area contributed by atoms with Crippen molar-refractivity contribution in [1.29, 1.82) is 0 Å². The molecule has 3 rings (SSSR count). The first-order chi connectivity index (χ1) is 11.2. The lowest BCUT2D eigenvalue weighted by molar-refractivity contribution is 0.104. The van der Waals surface area contributed by atoms with E-state index in [0.717, 1.165) is 5.56 Å². The Labute approximate surface area is 132 Å². The minimum Gasteiger partial charge on any atom is -0.370 e. The molecule has 0 saturated carbocycles. The second-order valence-electron chi connectivity index (χ2n) is 5.09. The summed E-state index contributed by atoms with van der Waals surface area (Å²) in [5.41, 5.74) is 1.64. The van der Waals surface area contributed by atoms with Gasteiger partial charge in [0.15, 0.2) is 0 Å². The van der Waals surface area contributed by atoms with E-state index in [2.05, 4.69) is 10.3 Å². The Balaban J connectivity index is 1.58. The fourth-order valence-electron chi connectivity index (χ4n) is 2.18. The molecule has 0 aliphatic heterocycles. The molecule has 1 aromatic heterocycles. The maximum absolute atomic E-state index is 13.6. The van der Waals surface area contributed by atoms with Crippen LogP contribution in [-0.4, -0.2) is 15.0 Å². The van der Waals surface area contributed by atoms with Gasteiger partial charge in [-0.3, -0.25) is 0 Å². The Bertz CT molecular complexity index is 754. The summed E-state index contributed by atoms with van der Waals surface area (Å²) in [6, 6.07) is 13.5. The van der Waals surface area contributed by atoms with Crippen molar-refractivity contribution >= 4 is 0 Å². The van der Waals surface area contributed by atoms with Crippen molar-refractivity contribution in [3.63, 3.8) is 0 Å². The fraction of sp³-hybridized carbons (Fsp3) is 0.176. The van der Waals surface area contributed by atoms with E-state index in [0.29, 0.717) is 12.3 Å². The van der Waals surface area contributed by atoms with Gasteiger partial charge in [-0.2, -0.15) is 0 Å². The monoisotopic (exact) mass is 315 g/mol. The lowest BCUT2D eigenvalue weighted by atomic mass is 10.2. The van der Waals surface area contributed by atoms with Crippen molar-refractivity contribution in [3.05, 3.63) is 83.2 Å². The van der Waals surface area contributed by atoms with Crippen LogP contribution in [0.25, 0.3) is 0 Å². The Kier molecular flexibility index (Phi) is 4.73. The summed E-state index contributed by atoms with van der Waals surface area (Å²) in [6.45, 7) is 0.745. The molecule has 0 aliphatic rings. The predicted octanol–water partition coefficient (Wildman–Crippen LogP) is 3.32. The quantitative estimate of drug-likeness (QED) is 0.700. The Hall–Kier alpha value is -2.60. The number of rotatable bonds is 6. The predicted molar refractivity (Wildman–Crippen MR) is 80.4 cm³/mol. The molecule has 0 N–H and O–H groups in total. The van der Waals surface area contributed by atoms with E-state index >= 15 is 0 Å². The average molecular weight is 315 g/mol. The van der Waals surface area contributed by atoms with Gasteiger partial charge in [-0.25, -0.2) is 13.5 Å². The molecule has 23 heavy (non-hydrogen) atoms. The fourth-order valence-corrected chi connectivity index (χ4v) is 2.18. The minimum atomic E-state index is -0.595. The molecule has 0 aliphatic carbocycles. The molecule has 0 spiro atoms. The maximum atomic E-state index is 13.6. The van der Waals surface area contributed by atoms with Gasteiger partial charge in [0.1, 0.15) is 17.3 Å². The lowest BCUT2D eigenvalue weighted by Crippen LogP contribution is -2.05. The summed E-state index contributed by atoms with van der Waals surface area (Å²) in [5, 5.41) is 7.82. The highest BCUT2D eigenvalue weighted by atomic mass is 19.1. The summed E-state index contributed by atoms with van der Waals surface area (Å²) >= 11 is 0. The number of hydrogen-bond acceptors (Lipinski definition) is 3. The molecule has 4 nitrogen and oxygen atoms in total. The molecule has 0 unspecified atom stereocenters. The number of hydrogen-bond donors (Lipinski definition) is 0. The zero-order chi connectivity index (χ0) is 16.1. The number of halogens is 2. The van der Waals surface area contributed by atoms with E-state index < -0.39 is 11.6 Å². The third-order valence-electron chi connectivity index (χ3n) is 3.33. The van der Waals surface area contributed by atoms with Crippen LogP contribution in [0.4, 0.5) is 8.78 Å². The van der Waals surface area contributed by atoms with E-state index in [1.165, 1.54) is 22.9 Å². The summed E-state index contributed by atoms with van der Waals surface area (Å²) < 4.78 is 34.2. The van der Waals surface area contributed by atoms with E-state index in [9.17, 15) is 8.78 Å². The number of benzene rings is 2.